The molecule has 0 aliphatic carbocycles. The fourth-order valence-electron chi connectivity index (χ4n) is 1.59. The van der Waals surface area contributed by atoms with Gasteiger partial charge in [-0.15, -0.1) is 0 Å². The van der Waals surface area contributed by atoms with Gasteiger partial charge >= 0.3 is 0 Å². The van der Waals surface area contributed by atoms with Crippen molar-refractivity contribution in [1.82, 2.24) is 9.97 Å². The first-order valence-corrected chi connectivity index (χ1v) is 7.92. The van der Waals surface area contributed by atoms with Gasteiger partial charge in [0.25, 0.3) is 0 Å². The molecule has 1 unspecified atom stereocenters. The summed E-state index contributed by atoms with van der Waals surface area (Å²) in [6, 6.07) is 10.5. The molecule has 18 heavy (non-hydrogen) atoms. The van der Waals surface area contributed by atoms with E-state index in [0.29, 0.717) is 5.92 Å². The molecule has 0 radical (unpaired) electrons. The minimum absolute atomic E-state index is 0.487. The van der Waals surface area contributed by atoms with E-state index in [0.717, 1.165) is 21.8 Å². The Balaban J connectivity index is 1.97. The largest absolute Gasteiger partial charge is 0.231 e. The zero-order chi connectivity index (χ0) is 12.8. The van der Waals surface area contributed by atoms with Crippen molar-refractivity contribution in [2.45, 2.75) is 18.0 Å². The third kappa shape index (κ3) is 3.82. The normalized spacial score (nSPS) is 12.3. The van der Waals surface area contributed by atoms with Crippen LogP contribution >= 0.6 is 27.7 Å². The molecule has 0 saturated heterocycles. The number of alkyl halides is 1. The Hall–Kier alpha value is -0.870. The van der Waals surface area contributed by atoms with Crippen LogP contribution in [-0.2, 0) is 0 Å². The van der Waals surface area contributed by atoms with E-state index in [-0.39, 0.29) is 0 Å². The van der Waals surface area contributed by atoms with Crippen molar-refractivity contribution in [3.05, 3.63) is 53.9 Å². The summed E-state index contributed by atoms with van der Waals surface area (Å²) in [5.41, 5.74) is 2.45. The van der Waals surface area contributed by atoms with Gasteiger partial charge in [0, 0.05) is 29.4 Å². The summed E-state index contributed by atoms with van der Waals surface area (Å²) in [7, 11) is 0. The lowest BCUT2D eigenvalue weighted by Crippen LogP contribution is -2.04. The van der Waals surface area contributed by atoms with Gasteiger partial charge < -0.3 is 0 Å². The van der Waals surface area contributed by atoms with Crippen molar-refractivity contribution in [3.8, 4) is 0 Å². The van der Waals surface area contributed by atoms with Crippen LogP contribution in [0.25, 0.3) is 0 Å². The third-order valence-electron chi connectivity index (χ3n) is 2.63. The number of aryl methyl sites for hydroxylation is 1. The van der Waals surface area contributed by atoms with Crippen molar-refractivity contribution >= 4 is 27.7 Å². The van der Waals surface area contributed by atoms with Crippen LogP contribution in [0.4, 0.5) is 0 Å². The average Bonchev–Trinajstić information content (AvgIpc) is 2.43. The van der Waals surface area contributed by atoms with Crippen molar-refractivity contribution < 1.29 is 0 Å². The fourth-order valence-corrected chi connectivity index (χ4v) is 3.41. The molecule has 0 N–H and O–H groups in total. The molecule has 94 valence electrons. The second kappa shape index (κ2) is 6.90. The van der Waals surface area contributed by atoms with E-state index in [1.54, 1.807) is 11.8 Å². The summed E-state index contributed by atoms with van der Waals surface area (Å²) in [6.07, 6.45) is 3.72. The van der Waals surface area contributed by atoms with Crippen LogP contribution in [0.1, 0.15) is 17.0 Å². The Kier molecular flexibility index (Phi) is 5.20. The van der Waals surface area contributed by atoms with Crippen molar-refractivity contribution in [2.75, 3.05) is 11.1 Å². The quantitative estimate of drug-likeness (QED) is 0.471. The predicted molar refractivity (Wildman–Crippen MR) is 80.5 cm³/mol. The smallest absolute Gasteiger partial charge is 0.187 e. The van der Waals surface area contributed by atoms with E-state index >= 15 is 0 Å². The number of benzene rings is 1. The number of halogens is 1. The zero-order valence-electron chi connectivity index (χ0n) is 10.2. The first-order chi connectivity index (χ1) is 8.79. The van der Waals surface area contributed by atoms with E-state index in [1.165, 1.54) is 5.56 Å². The highest BCUT2D eigenvalue weighted by Gasteiger charge is 2.11. The zero-order valence-corrected chi connectivity index (χ0v) is 12.6. The molecule has 2 nitrogen and oxygen atoms in total. The first-order valence-electron chi connectivity index (χ1n) is 5.82. The SMILES string of the molecule is Cc1cnc(SCC(CBr)c2ccccc2)nc1. The molecule has 0 aliphatic heterocycles. The summed E-state index contributed by atoms with van der Waals surface area (Å²) in [5.74, 6) is 1.47. The van der Waals surface area contributed by atoms with Crippen LogP contribution in [0.2, 0.25) is 0 Å². The minimum Gasteiger partial charge on any atom is -0.231 e. The summed E-state index contributed by atoms with van der Waals surface area (Å²) in [6.45, 7) is 2.00. The monoisotopic (exact) mass is 322 g/mol. The molecule has 1 atom stereocenters. The minimum atomic E-state index is 0.487. The summed E-state index contributed by atoms with van der Waals surface area (Å²) < 4.78 is 0. The molecular formula is C14H15BrN2S. The molecule has 1 aromatic carbocycles. The van der Waals surface area contributed by atoms with Gasteiger partial charge in [0.05, 0.1) is 0 Å². The highest BCUT2D eigenvalue weighted by atomic mass is 79.9. The average molecular weight is 323 g/mol. The van der Waals surface area contributed by atoms with E-state index in [4.69, 9.17) is 0 Å². The van der Waals surface area contributed by atoms with Gasteiger partial charge in [-0.05, 0) is 18.1 Å². The van der Waals surface area contributed by atoms with E-state index < -0.39 is 0 Å². The highest BCUT2D eigenvalue weighted by molar-refractivity contribution is 9.09. The lowest BCUT2D eigenvalue weighted by atomic mass is 10.0. The fraction of sp³-hybridized carbons (Fsp3) is 0.286. The number of rotatable bonds is 5. The van der Waals surface area contributed by atoms with E-state index in [2.05, 4.69) is 50.2 Å². The number of nitrogens with zero attached hydrogens (tertiary/aromatic N) is 2. The first kappa shape index (κ1) is 13.6. The molecule has 1 heterocycles. The van der Waals surface area contributed by atoms with Gasteiger partial charge in [0.15, 0.2) is 5.16 Å². The Morgan fingerprint density at radius 3 is 2.44 bits per heavy atom. The Morgan fingerprint density at radius 1 is 1.17 bits per heavy atom. The molecule has 0 aliphatic rings. The molecule has 0 spiro atoms. The number of aromatic nitrogens is 2. The van der Waals surface area contributed by atoms with Gasteiger partial charge in [0.1, 0.15) is 0 Å². The van der Waals surface area contributed by atoms with Gasteiger partial charge in [-0.3, -0.25) is 0 Å². The predicted octanol–water partition coefficient (Wildman–Crippen LogP) is 4.06. The second-order valence-corrected chi connectivity index (χ2v) is 5.75. The Bertz CT molecular complexity index is 473. The maximum absolute atomic E-state index is 4.31. The molecule has 0 fully saturated rings. The van der Waals surface area contributed by atoms with Crippen molar-refractivity contribution in [2.24, 2.45) is 0 Å². The number of thioether (sulfide) groups is 1. The standard InChI is InChI=1S/C14H15BrN2S/c1-11-8-16-14(17-9-11)18-10-13(7-15)12-5-3-2-4-6-12/h2-6,8-9,13H,7,10H2,1H3. The number of hydrogen-bond donors (Lipinski definition) is 0. The Labute approximate surface area is 120 Å². The lowest BCUT2D eigenvalue weighted by molar-refractivity contribution is 0.888. The molecular weight excluding hydrogens is 308 g/mol. The van der Waals surface area contributed by atoms with Crippen LogP contribution < -0.4 is 0 Å². The molecule has 2 rings (SSSR count). The molecule has 0 saturated carbocycles. The van der Waals surface area contributed by atoms with Crippen LogP contribution in [0.3, 0.4) is 0 Å². The summed E-state index contributed by atoms with van der Waals surface area (Å²) >= 11 is 5.29. The highest BCUT2D eigenvalue weighted by Crippen LogP contribution is 2.25. The summed E-state index contributed by atoms with van der Waals surface area (Å²) in [4.78, 5) is 8.63. The Morgan fingerprint density at radius 2 is 1.83 bits per heavy atom. The van der Waals surface area contributed by atoms with Gasteiger partial charge in [-0.2, -0.15) is 0 Å². The molecule has 0 bridgehead atoms. The maximum atomic E-state index is 4.31. The second-order valence-electron chi connectivity index (χ2n) is 4.12. The molecule has 1 aromatic heterocycles. The van der Waals surface area contributed by atoms with Crippen LogP contribution in [0, 0.1) is 6.92 Å². The van der Waals surface area contributed by atoms with Crippen LogP contribution in [0.15, 0.2) is 47.9 Å². The van der Waals surface area contributed by atoms with Crippen molar-refractivity contribution in [1.29, 1.82) is 0 Å². The van der Waals surface area contributed by atoms with Gasteiger partial charge in [0.2, 0.25) is 0 Å². The summed E-state index contributed by atoms with van der Waals surface area (Å²) in [5, 5.41) is 1.80. The number of hydrogen-bond acceptors (Lipinski definition) is 3. The molecule has 2 aromatic rings. The van der Waals surface area contributed by atoms with Crippen LogP contribution in [-0.4, -0.2) is 21.1 Å². The van der Waals surface area contributed by atoms with Crippen molar-refractivity contribution in [3.63, 3.8) is 0 Å². The maximum Gasteiger partial charge on any atom is 0.187 e. The van der Waals surface area contributed by atoms with Gasteiger partial charge in [-0.25, -0.2) is 9.97 Å². The van der Waals surface area contributed by atoms with Gasteiger partial charge in [-0.1, -0.05) is 58.0 Å². The molecule has 4 heteroatoms. The topological polar surface area (TPSA) is 25.8 Å². The van der Waals surface area contributed by atoms with Crippen LogP contribution in [0.5, 0.6) is 0 Å². The van der Waals surface area contributed by atoms with E-state index in [1.807, 2.05) is 25.4 Å². The molecule has 0 amide bonds. The lowest BCUT2D eigenvalue weighted by Gasteiger charge is -2.13. The van der Waals surface area contributed by atoms with E-state index in [9.17, 15) is 0 Å². The third-order valence-corrected chi connectivity index (χ3v) is 4.45.